The largest absolute Gasteiger partial charge is 0.385 e. The lowest BCUT2D eigenvalue weighted by atomic mass is 9.89. The molecule has 0 bridgehead atoms. The van der Waals surface area contributed by atoms with E-state index in [0.29, 0.717) is 0 Å². The molecule has 0 spiro atoms. The smallest absolute Gasteiger partial charge is 0.0467 e. The second-order valence-electron chi connectivity index (χ2n) is 6.22. The first-order valence-electron chi connectivity index (χ1n) is 7.12. The molecule has 0 radical (unpaired) electrons. The first-order valence-corrected chi connectivity index (χ1v) is 7.12. The predicted octanol–water partition coefficient (Wildman–Crippen LogP) is 2.44. The molecule has 0 aliphatic carbocycles. The maximum Gasteiger partial charge on any atom is 0.0467 e. The van der Waals surface area contributed by atoms with Crippen molar-refractivity contribution in [2.45, 2.75) is 39.9 Å². The van der Waals surface area contributed by atoms with E-state index in [1.165, 1.54) is 16.7 Å². The molecule has 1 aromatic rings. The van der Waals surface area contributed by atoms with Crippen molar-refractivity contribution in [1.82, 2.24) is 10.6 Å². The molecule has 0 unspecified atom stereocenters. The summed E-state index contributed by atoms with van der Waals surface area (Å²) in [5.74, 6) is 0. The van der Waals surface area contributed by atoms with Crippen LogP contribution in [0.1, 0.15) is 37.0 Å². The van der Waals surface area contributed by atoms with E-state index in [1.54, 1.807) is 7.11 Å². The van der Waals surface area contributed by atoms with Crippen LogP contribution >= 0.6 is 0 Å². The van der Waals surface area contributed by atoms with E-state index in [9.17, 15) is 0 Å². The Kier molecular flexibility index (Phi) is 4.97. The summed E-state index contributed by atoms with van der Waals surface area (Å²) in [7, 11) is 1.77. The third kappa shape index (κ3) is 4.30. The van der Waals surface area contributed by atoms with Gasteiger partial charge in [0.25, 0.3) is 0 Å². The summed E-state index contributed by atoms with van der Waals surface area (Å²) < 4.78 is 5.16. The van der Waals surface area contributed by atoms with Gasteiger partial charge in [-0.25, -0.2) is 0 Å². The number of ether oxygens (including phenoxy) is 1. The van der Waals surface area contributed by atoms with Gasteiger partial charge in [0.1, 0.15) is 0 Å². The van der Waals surface area contributed by atoms with Gasteiger partial charge in [-0.3, -0.25) is 0 Å². The molecule has 0 amide bonds. The molecular weight excluding hydrogens is 236 g/mol. The lowest BCUT2D eigenvalue weighted by Gasteiger charge is -2.24. The van der Waals surface area contributed by atoms with Gasteiger partial charge in [-0.2, -0.15) is 0 Å². The molecule has 0 saturated heterocycles. The normalized spacial score (nSPS) is 14.7. The van der Waals surface area contributed by atoms with Gasteiger partial charge in [0, 0.05) is 39.9 Å². The van der Waals surface area contributed by atoms with Gasteiger partial charge in [0.2, 0.25) is 0 Å². The molecule has 0 fully saturated rings. The standard InChI is InChI=1S/C16H26N2O/c1-16(2,6-7-19-3)12-18-9-13-4-5-14-10-17-11-15(14)8-13/h4-5,8,17-18H,6-7,9-12H2,1-3H3. The zero-order chi connectivity index (χ0) is 13.7. The van der Waals surface area contributed by atoms with Crippen LogP contribution in [0, 0.1) is 5.41 Å². The van der Waals surface area contributed by atoms with Crippen LogP contribution in [0.2, 0.25) is 0 Å². The van der Waals surface area contributed by atoms with Gasteiger partial charge < -0.3 is 15.4 Å². The molecule has 0 atom stereocenters. The Labute approximate surface area is 116 Å². The molecule has 1 heterocycles. The Balaban J connectivity index is 1.79. The minimum Gasteiger partial charge on any atom is -0.385 e. The Hall–Kier alpha value is -0.900. The van der Waals surface area contributed by atoms with Gasteiger partial charge in [-0.1, -0.05) is 32.0 Å². The molecule has 1 aliphatic heterocycles. The SMILES string of the molecule is COCCC(C)(C)CNCc1ccc2c(c1)CNC2. The van der Waals surface area contributed by atoms with Crippen LogP contribution in [0.3, 0.4) is 0 Å². The Morgan fingerprint density at radius 3 is 2.84 bits per heavy atom. The Bertz CT molecular complexity index is 415. The van der Waals surface area contributed by atoms with Crippen molar-refractivity contribution in [3.8, 4) is 0 Å². The summed E-state index contributed by atoms with van der Waals surface area (Å²) in [6.07, 6.45) is 1.09. The van der Waals surface area contributed by atoms with Crippen LogP contribution in [0.15, 0.2) is 18.2 Å². The second kappa shape index (κ2) is 6.51. The highest BCUT2D eigenvalue weighted by Gasteiger charge is 2.17. The summed E-state index contributed by atoms with van der Waals surface area (Å²) in [5, 5.41) is 6.95. The minimum absolute atomic E-state index is 0.286. The summed E-state index contributed by atoms with van der Waals surface area (Å²) in [5.41, 5.74) is 4.57. The molecule has 19 heavy (non-hydrogen) atoms. The zero-order valence-corrected chi connectivity index (χ0v) is 12.4. The second-order valence-corrected chi connectivity index (χ2v) is 6.22. The number of hydrogen-bond acceptors (Lipinski definition) is 3. The van der Waals surface area contributed by atoms with Gasteiger partial charge in [-0.05, 0) is 28.5 Å². The fourth-order valence-corrected chi connectivity index (χ4v) is 2.47. The van der Waals surface area contributed by atoms with Crippen molar-refractivity contribution in [1.29, 1.82) is 0 Å². The Morgan fingerprint density at radius 1 is 1.26 bits per heavy atom. The fourth-order valence-electron chi connectivity index (χ4n) is 2.47. The number of fused-ring (bicyclic) bond motifs is 1. The maximum absolute atomic E-state index is 5.16. The average Bonchev–Trinajstić information content (AvgIpc) is 2.83. The molecule has 106 valence electrons. The van der Waals surface area contributed by atoms with E-state index in [2.05, 4.69) is 42.7 Å². The highest BCUT2D eigenvalue weighted by molar-refractivity contribution is 5.34. The van der Waals surface area contributed by atoms with Crippen molar-refractivity contribution < 1.29 is 4.74 Å². The monoisotopic (exact) mass is 262 g/mol. The molecule has 1 aliphatic rings. The molecule has 1 aromatic carbocycles. The summed E-state index contributed by atoms with van der Waals surface area (Å²) in [4.78, 5) is 0. The van der Waals surface area contributed by atoms with E-state index in [0.717, 1.165) is 39.2 Å². The van der Waals surface area contributed by atoms with E-state index in [-0.39, 0.29) is 5.41 Å². The van der Waals surface area contributed by atoms with Crippen molar-refractivity contribution in [2.75, 3.05) is 20.3 Å². The number of methoxy groups -OCH3 is 1. The Morgan fingerprint density at radius 2 is 2.05 bits per heavy atom. The van der Waals surface area contributed by atoms with Crippen molar-refractivity contribution in [2.24, 2.45) is 5.41 Å². The van der Waals surface area contributed by atoms with E-state index >= 15 is 0 Å². The quantitative estimate of drug-likeness (QED) is 0.792. The van der Waals surface area contributed by atoms with Gasteiger partial charge in [0.15, 0.2) is 0 Å². The number of rotatable bonds is 7. The van der Waals surface area contributed by atoms with Gasteiger partial charge in [0.05, 0.1) is 0 Å². The van der Waals surface area contributed by atoms with E-state index < -0.39 is 0 Å². The number of benzene rings is 1. The van der Waals surface area contributed by atoms with Crippen molar-refractivity contribution >= 4 is 0 Å². The minimum atomic E-state index is 0.286. The zero-order valence-electron chi connectivity index (χ0n) is 12.4. The molecule has 2 N–H and O–H groups in total. The van der Waals surface area contributed by atoms with Crippen LogP contribution in [-0.2, 0) is 24.4 Å². The molecule has 0 aromatic heterocycles. The topological polar surface area (TPSA) is 33.3 Å². The maximum atomic E-state index is 5.16. The number of hydrogen-bond donors (Lipinski definition) is 2. The summed E-state index contributed by atoms with van der Waals surface area (Å²) >= 11 is 0. The molecule has 0 saturated carbocycles. The summed E-state index contributed by atoms with van der Waals surface area (Å²) in [6, 6.07) is 6.81. The highest BCUT2D eigenvalue weighted by atomic mass is 16.5. The van der Waals surface area contributed by atoms with Crippen molar-refractivity contribution in [3.05, 3.63) is 34.9 Å². The van der Waals surface area contributed by atoms with E-state index in [1.807, 2.05) is 0 Å². The van der Waals surface area contributed by atoms with Crippen LogP contribution < -0.4 is 10.6 Å². The lowest BCUT2D eigenvalue weighted by molar-refractivity contribution is 0.150. The van der Waals surface area contributed by atoms with E-state index in [4.69, 9.17) is 4.74 Å². The first-order chi connectivity index (χ1) is 9.11. The predicted molar refractivity (Wildman–Crippen MR) is 79.0 cm³/mol. The molecule has 2 rings (SSSR count). The highest BCUT2D eigenvalue weighted by Crippen LogP contribution is 2.20. The third-order valence-electron chi connectivity index (χ3n) is 3.82. The van der Waals surface area contributed by atoms with Gasteiger partial charge >= 0.3 is 0 Å². The molecule has 3 heteroatoms. The fraction of sp³-hybridized carbons (Fsp3) is 0.625. The first kappa shape index (κ1) is 14.5. The lowest BCUT2D eigenvalue weighted by Crippen LogP contribution is -2.30. The third-order valence-corrected chi connectivity index (χ3v) is 3.82. The average molecular weight is 262 g/mol. The molecular formula is C16H26N2O. The van der Waals surface area contributed by atoms with Crippen LogP contribution in [0.25, 0.3) is 0 Å². The van der Waals surface area contributed by atoms with Crippen LogP contribution in [0.4, 0.5) is 0 Å². The van der Waals surface area contributed by atoms with Crippen LogP contribution in [-0.4, -0.2) is 20.3 Å². The van der Waals surface area contributed by atoms with Crippen LogP contribution in [0.5, 0.6) is 0 Å². The van der Waals surface area contributed by atoms with Crippen molar-refractivity contribution in [3.63, 3.8) is 0 Å². The summed E-state index contributed by atoms with van der Waals surface area (Å²) in [6.45, 7) is 9.40. The van der Waals surface area contributed by atoms with Gasteiger partial charge in [-0.15, -0.1) is 0 Å². The number of nitrogens with one attached hydrogen (secondary N) is 2. The molecule has 3 nitrogen and oxygen atoms in total.